The Morgan fingerprint density at radius 3 is 2.78 bits per heavy atom. The number of fused-ring (bicyclic) bond motifs is 1. The van der Waals surface area contributed by atoms with E-state index in [1.165, 1.54) is 0 Å². The number of nitrogens with zero attached hydrogens (tertiary/aromatic N) is 4. The fraction of sp³-hybridized carbons (Fsp3) is 0.0588. The number of H-pyrrole nitrogens is 1. The topological polar surface area (TPSA) is 93.4 Å². The maximum atomic E-state index is 5.80. The number of aromatic amines is 1. The van der Waals surface area contributed by atoms with Crippen molar-refractivity contribution < 1.29 is 0 Å². The third kappa shape index (κ3) is 2.40. The summed E-state index contributed by atoms with van der Waals surface area (Å²) in [6.45, 7) is 1.96. The summed E-state index contributed by atoms with van der Waals surface area (Å²) in [5.74, 6) is 0. The number of aromatic nitrogens is 5. The van der Waals surface area contributed by atoms with Gasteiger partial charge in [-0.15, -0.1) is 0 Å². The molecule has 0 atom stereocenters. The highest BCUT2D eigenvalue weighted by Gasteiger charge is 2.13. The van der Waals surface area contributed by atoms with E-state index in [1.54, 1.807) is 6.20 Å². The summed E-state index contributed by atoms with van der Waals surface area (Å²) >= 11 is 0. The number of aryl methyl sites for hydroxylation is 1. The maximum Gasteiger partial charge on any atom is 0.120 e. The van der Waals surface area contributed by atoms with Gasteiger partial charge in [-0.05, 0) is 37.3 Å². The number of anilines is 1. The molecule has 0 bridgehead atoms. The summed E-state index contributed by atoms with van der Waals surface area (Å²) < 4.78 is 0. The normalized spacial score (nSPS) is 11.0. The Balaban J connectivity index is 1.87. The van der Waals surface area contributed by atoms with Gasteiger partial charge in [-0.1, -0.05) is 6.07 Å². The first-order valence-corrected chi connectivity index (χ1v) is 7.21. The molecule has 6 nitrogen and oxygen atoms in total. The van der Waals surface area contributed by atoms with Gasteiger partial charge >= 0.3 is 0 Å². The average Bonchev–Trinajstić information content (AvgIpc) is 3.03. The highest BCUT2D eigenvalue weighted by molar-refractivity contribution is 5.83. The molecule has 0 spiro atoms. The summed E-state index contributed by atoms with van der Waals surface area (Å²) in [6.07, 6.45) is 3.46. The van der Waals surface area contributed by atoms with Gasteiger partial charge in [0.25, 0.3) is 0 Å². The molecule has 0 saturated carbocycles. The molecule has 0 fully saturated rings. The van der Waals surface area contributed by atoms with Crippen LogP contribution in [0.2, 0.25) is 0 Å². The van der Waals surface area contributed by atoms with Crippen LogP contribution in [0.4, 0.5) is 5.69 Å². The van der Waals surface area contributed by atoms with Crippen LogP contribution in [0.5, 0.6) is 0 Å². The molecule has 0 saturated heterocycles. The number of hydrogen-bond acceptors (Lipinski definition) is 5. The van der Waals surface area contributed by atoms with Crippen molar-refractivity contribution in [1.82, 2.24) is 25.1 Å². The Kier molecular flexibility index (Phi) is 3.01. The predicted octanol–water partition coefficient (Wildman–Crippen LogP) is 2.97. The Labute approximate surface area is 132 Å². The highest BCUT2D eigenvalue weighted by Crippen LogP contribution is 2.29. The maximum absolute atomic E-state index is 5.80. The summed E-state index contributed by atoms with van der Waals surface area (Å²) in [4.78, 5) is 13.5. The van der Waals surface area contributed by atoms with Gasteiger partial charge < -0.3 is 5.73 Å². The Bertz CT molecular complexity index is 1000. The standard InChI is InChI=1S/C17H14N6/c1-10-3-2-4-15(21-10)17-12(9-20-23-17)13-5-6-14-16(22-13)7-11(18)8-19-14/h2-9H,18H2,1H3,(H,20,23). The lowest BCUT2D eigenvalue weighted by Gasteiger charge is -2.04. The van der Waals surface area contributed by atoms with E-state index in [-0.39, 0.29) is 0 Å². The smallest absolute Gasteiger partial charge is 0.120 e. The number of pyridine rings is 3. The molecule has 112 valence electrons. The van der Waals surface area contributed by atoms with Crippen LogP contribution in [0.1, 0.15) is 5.69 Å². The fourth-order valence-corrected chi connectivity index (χ4v) is 2.53. The van der Waals surface area contributed by atoms with Crippen molar-refractivity contribution in [2.75, 3.05) is 5.73 Å². The third-order valence-corrected chi connectivity index (χ3v) is 3.61. The minimum Gasteiger partial charge on any atom is -0.397 e. The van der Waals surface area contributed by atoms with E-state index in [0.29, 0.717) is 5.69 Å². The van der Waals surface area contributed by atoms with E-state index in [0.717, 1.165) is 39.4 Å². The molecule has 4 rings (SSSR count). The number of hydrogen-bond donors (Lipinski definition) is 2. The van der Waals surface area contributed by atoms with Crippen LogP contribution in [0.3, 0.4) is 0 Å². The van der Waals surface area contributed by atoms with Crippen LogP contribution >= 0.6 is 0 Å². The second-order valence-electron chi connectivity index (χ2n) is 5.32. The molecular formula is C17H14N6. The molecular weight excluding hydrogens is 288 g/mol. The second kappa shape index (κ2) is 5.17. The van der Waals surface area contributed by atoms with Crippen molar-refractivity contribution in [3.8, 4) is 22.6 Å². The van der Waals surface area contributed by atoms with Gasteiger partial charge in [0.1, 0.15) is 5.69 Å². The number of nitrogens with one attached hydrogen (secondary N) is 1. The lowest BCUT2D eigenvalue weighted by molar-refractivity contribution is 1.08. The van der Waals surface area contributed by atoms with E-state index in [9.17, 15) is 0 Å². The summed E-state index contributed by atoms with van der Waals surface area (Å²) in [5.41, 5.74) is 12.2. The van der Waals surface area contributed by atoms with E-state index in [4.69, 9.17) is 5.73 Å². The van der Waals surface area contributed by atoms with E-state index >= 15 is 0 Å². The molecule has 0 unspecified atom stereocenters. The van der Waals surface area contributed by atoms with Crippen LogP contribution < -0.4 is 5.73 Å². The molecule has 0 aromatic carbocycles. The quantitative estimate of drug-likeness (QED) is 0.593. The molecule has 23 heavy (non-hydrogen) atoms. The molecule has 0 aliphatic rings. The number of nitrogens with two attached hydrogens (primary N) is 1. The monoisotopic (exact) mass is 302 g/mol. The summed E-state index contributed by atoms with van der Waals surface area (Å²) in [7, 11) is 0. The van der Waals surface area contributed by atoms with Crippen LogP contribution in [0.25, 0.3) is 33.7 Å². The lowest BCUT2D eigenvalue weighted by Crippen LogP contribution is -1.92. The molecule has 4 heterocycles. The third-order valence-electron chi connectivity index (χ3n) is 3.61. The van der Waals surface area contributed by atoms with Crippen LogP contribution in [0.15, 0.2) is 48.8 Å². The summed E-state index contributed by atoms with van der Waals surface area (Å²) in [6, 6.07) is 11.5. The molecule has 4 aromatic heterocycles. The van der Waals surface area contributed by atoms with Gasteiger partial charge in [0.15, 0.2) is 0 Å². The first-order valence-electron chi connectivity index (χ1n) is 7.21. The molecule has 4 aromatic rings. The minimum atomic E-state index is 0.593. The largest absolute Gasteiger partial charge is 0.397 e. The van der Waals surface area contributed by atoms with Gasteiger partial charge in [0.05, 0.1) is 34.3 Å². The van der Waals surface area contributed by atoms with E-state index in [1.807, 2.05) is 49.5 Å². The predicted molar refractivity (Wildman–Crippen MR) is 89.5 cm³/mol. The number of rotatable bonds is 2. The molecule has 3 N–H and O–H groups in total. The Morgan fingerprint density at radius 2 is 1.91 bits per heavy atom. The van der Waals surface area contributed by atoms with Crippen molar-refractivity contribution in [3.63, 3.8) is 0 Å². The first-order chi connectivity index (χ1) is 11.2. The summed E-state index contributed by atoms with van der Waals surface area (Å²) in [5, 5.41) is 7.24. The van der Waals surface area contributed by atoms with Gasteiger partial charge in [-0.2, -0.15) is 5.10 Å². The molecule has 0 amide bonds. The molecule has 0 aliphatic heterocycles. The van der Waals surface area contributed by atoms with Crippen molar-refractivity contribution >= 4 is 16.7 Å². The van der Waals surface area contributed by atoms with E-state index < -0.39 is 0 Å². The lowest BCUT2D eigenvalue weighted by atomic mass is 10.1. The Hall–Kier alpha value is -3.28. The van der Waals surface area contributed by atoms with Gasteiger partial charge in [0.2, 0.25) is 0 Å². The molecule has 0 aliphatic carbocycles. The van der Waals surface area contributed by atoms with Gasteiger partial charge in [-0.25, -0.2) is 4.98 Å². The van der Waals surface area contributed by atoms with Crippen molar-refractivity contribution in [2.45, 2.75) is 6.92 Å². The SMILES string of the molecule is Cc1cccc(-c2n[nH]cc2-c2ccc3ncc(N)cc3n2)n1. The zero-order valence-corrected chi connectivity index (χ0v) is 12.5. The van der Waals surface area contributed by atoms with E-state index in [2.05, 4.69) is 25.1 Å². The van der Waals surface area contributed by atoms with Crippen molar-refractivity contribution in [2.24, 2.45) is 0 Å². The second-order valence-corrected chi connectivity index (χ2v) is 5.32. The zero-order valence-electron chi connectivity index (χ0n) is 12.5. The highest BCUT2D eigenvalue weighted by atomic mass is 15.1. The van der Waals surface area contributed by atoms with Gasteiger partial charge in [0, 0.05) is 17.5 Å². The van der Waals surface area contributed by atoms with Crippen LogP contribution in [0, 0.1) is 6.92 Å². The molecule has 0 radical (unpaired) electrons. The van der Waals surface area contributed by atoms with Crippen LogP contribution in [-0.2, 0) is 0 Å². The Morgan fingerprint density at radius 1 is 1.00 bits per heavy atom. The van der Waals surface area contributed by atoms with Gasteiger partial charge in [-0.3, -0.25) is 15.1 Å². The minimum absolute atomic E-state index is 0.593. The van der Waals surface area contributed by atoms with Crippen LogP contribution in [-0.4, -0.2) is 25.1 Å². The first kappa shape index (κ1) is 13.4. The van der Waals surface area contributed by atoms with Crippen molar-refractivity contribution in [1.29, 1.82) is 0 Å². The average molecular weight is 302 g/mol. The fourth-order valence-electron chi connectivity index (χ4n) is 2.53. The number of nitrogen functional groups attached to an aromatic ring is 1. The molecule has 6 heteroatoms. The zero-order chi connectivity index (χ0) is 15.8. The van der Waals surface area contributed by atoms with Crippen molar-refractivity contribution in [3.05, 3.63) is 54.5 Å².